The zero-order valence-electron chi connectivity index (χ0n) is 22.6. The van der Waals surface area contributed by atoms with Crippen LogP contribution < -0.4 is 10.2 Å². The van der Waals surface area contributed by atoms with E-state index in [1.807, 2.05) is 43.3 Å². The second-order valence-corrected chi connectivity index (χ2v) is 10.4. The van der Waals surface area contributed by atoms with Gasteiger partial charge in [0.15, 0.2) is 11.0 Å². The first kappa shape index (κ1) is 29.0. The van der Waals surface area contributed by atoms with E-state index in [1.165, 1.54) is 4.90 Å². The Morgan fingerprint density at radius 2 is 1.88 bits per heavy atom. The minimum atomic E-state index is -4.48. The van der Waals surface area contributed by atoms with Crippen LogP contribution in [0.1, 0.15) is 16.7 Å². The van der Waals surface area contributed by atoms with Crippen molar-refractivity contribution in [3.8, 4) is 17.1 Å². The molecule has 1 N–H and O–H groups in total. The number of aromatic nitrogens is 3. The first-order chi connectivity index (χ1) is 20.1. The standard InChI is InChI=1S/C29H25F3N6O3S/c1-18-8-9-21(14-41-16-29(30,31)32)24(12-18)38-25(39)15-42-28(38)35-27(40)34-23-11-10-20(13-19(23)2)26-33-17-37(36-26)22-6-4-3-5-7-22/h3-13,17H,14-16H2,1-2H3,(H,34,40). The average molecular weight is 595 g/mol. The zero-order chi connectivity index (χ0) is 29.9. The molecule has 42 heavy (non-hydrogen) atoms. The molecule has 4 aromatic rings. The predicted octanol–water partition coefficient (Wildman–Crippen LogP) is 6.30. The van der Waals surface area contributed by atoms with E-state index in [1.54, 1.807) is 48.3 Å². The van der Waals surface area contributed by atoms with Crippen molar-refractivity contribution in [3.63, 3.8) is 0 Å². The lowest BCUT2D eigenvalue weighted by Crippen LogP contribution is -2.31. The molecule has 0 atom stereocenters. The molecule has 9 nitrogen and oxygen atoms in total. The number of aliphatic imine (C=N–C) groups is 1. The van der Waals surface area contributed by atoms with Gasteiger partial charge in [0.2, 0.25) is 5.91 Å². The van der Waals surface area contributed by atoms with Crippen molar-refractivity contribution < 1.29 is 27.5 Å². The van der Waals surface area contributed by atoms with E-state index in [2.05, 4.69) is 20.4 Å². The monoisotopic (exact) mass is 594 g/mol. The van der Waals surface area contributed by atoms with Gasteiger partial charge < -0.3 is 10.1 Å². The van der Waals surface area contributed by atoms with Gasteiger partial charge in [-0.25, -0.2) is 14.5 Å². The highest BCUT2D eigenvalue weighted by atomic mass is 32.2. The van der Waals surface area contributed by atoms with E-state index in [-0.39, 0.29) is 23.4 Å². The molecule has 0 radical (unpaired) electrons. The molecule has 0 aliphatic carbocycles. The van der Waals surface area contributed by atoms with E-state index in [9.17, 15) is 22.8 Å². The molecule has 0 saturated carbocycles. The van der Waals surface area contributed by atoms with Crippen LogP contribution in [-0.4, -0.2) is 50.4 Å². The number of hydrogen-bond donors (Lipinski definition) is 1. The Balaban J connectivity index is 1.32. The quantitative estimate of drug-likeness (QED) is 0.270. The Labute approximate surface area is 243 Å². The fourth-order valence-electron chi connectivity index (χ4n) is 4.24. The second kappa shape index (κ2) is 12.2. The number of nitrogens with zero attached hydrogens (tertiary/aromatic N) is 5. The molecule has 0 bridgehead atoms. The SMILES string of the molecule is Cc1ccc(COCC(F)(F)F)c(N2C(=O)CSC2=NC(=O)Nc2ccc(-c3ncn(-c4ccccc4)n3)cc2C)c1. The number of rotatable bonds is 7. The molecule has 2 heterocycles. The molecule has 1 saturated heterocycles. The molecule has 1 aliphatic rings. The number of alkyl halides is 3. The molecule has 1 aromatic heterocycles. The third-order valence-electron chi connectivity index (χ3n) is 6.21. The first-order valence-corrected chi connectivity index (χ1v) is 13.7. The van der Waals surface area contributed by atoms with Gasteiger partial charge in [-0.1, -0.05) is 42.1 Å². The van der Waals surface area contributed by atoms with Crippen LogP contribution in [0.15, 0.2) is 78.0 Å². The van der Waals surface area contributed by atoms with E-state index in [0.29, 0.717) is 22.8 Å². The van der Waals surface area contributed by atoms with Gasteiger partial charge in [-0.2, -0.15) is 18.2 Å². The number of aryl methyl sites for hydroxylation is 2. The second-order valence-electron chi connectivity index (χ2n) is 9.46. The molecule has 0 spiro atoms. The summed E-state index contributed by atoms with van der Waals surface area (Å²) in [6.07, 6.45) is -2.86. The number of carbonyl (C=O) groups is 2. The maximum absolute atomic E-state index is 12.9. The van der Waals surface area contributed by atoms with E-state index in [0.717, 1.165) is 34.1 Å². The van der Waals surface area contributed by atoms with Crippen LogP contribution in [0.5, 0.6) is 0 Å². The van der Waals surface area contributed by atoms with Gasteiger partial charge in [0.1, 0.15) is 12.9 Å². The minimum absolute atomic E-state index is 0.0270. The van der Waals surface area contributed by atoms with Crippen molar-refractivity contribution in [1.82, 2.24) is 14.8 Å². The summed E-state index contributed by atoms with van der Waals surface area (Å²) in [6, 6.07) is 19.2. The number of carbonyl (C=O) groups excluding carboxylic acids is 2. The molecular weight excluding hydrogens is 569 g/mol. The van der Waals surface area contributed by atoms with Gasteiger partial charge in [0.25, 0.3) is 0 Å². The Hall–Kier alpha value is -4.49. The van der Waals surface area contributed by atoms with E-state index in [4.69, 9.17) is 4.74 Å². The number of benzene rings is 3. The van der Waals surface area contributed by atoms with Gasteiger partial charge in [-0.15, -0.1) is 5.10 Å². The van der Waals surface area contributed by atoms with Crippen LogP contribution in [0.4, 0.5) is 29.3 Å². The molecule has 1 fully saturated rings. The molecule has 3 amide bonds. The van der Waals surface area contributed by atoms with Crippen LogP contribution in [0.2, 0.25) is 0 Å². The summed E-state index contributed by atoms with van der Waals surface area (Å²) in [6.45, 7) is 1.82. The molecule has 3 aromatic carbocycles. The smallest absolute Gasteiger partial charge is 0.367 e. The molecule has 13 heteroatoms. The molecule has 5 rings (SSSR count). The Morgan fingerprint density at radius 3 is 2.62 bits per heavy atom. The summed E-state index contributed by atoms with van der Waals surface area (Å²) in [5.41, 5.74) is 4.34. The van der Waals surface area contributed by atoms with Crippen molar-refractivity contribution in [1.29, 1.82) is 0 Å². The number of thioether (sulfide) groups is 1. The number of ether oxygens (including phenoxy) is 1. The summed E-state index contributed by atoms with van der Waals surface area (Å²) in [5.74, 6) is 0.196. The van der Waals surface area contributed by atoms with Crippen molar-refractivity contribution in [2.45, 2.75) is 26.6 Å². The highest BCUT2D eigenvalue weighted by Crippen LogP contribution is 2.32. The maximum Gasteiger partial charge on any atom is 0.411 e. The number of anilines is 2. The van der Waals surface area contributed by atoms with Crippen molar-refractivity contribution in [2.75, 3.05) is 22.6 Å². The number of para-hydroxylation sites is 1. The van der Waals surface area contributed by atoms with E-state index >= 15 is 0 Å². The van der Waals surface area contributed by atoms with Gasteiger partial charge in [0.05, 0.1) is 23.7 Å². The lowest BCUT2D eigenvalue weighted by molar-refractivity contribution is -0.176. The predicted molar refractivity (Wildman–Crippen MR) is 155 cm³/mol. The maximum atomic E-state index is 12.9. The highest BCUT2D eigenvalue weighted by Gasteiger charge is 2.33. The van der Waals surface area contributed by atoms with Crippen molar-refractivity contribution in [3.05, 3.63) is 89.7 Å². The van der Waals surface area contributed by atoms with Crippen LogP contribution in [0.25, 0.3) is 17.1 Å². The summed E-state index contributed by atoms with van der Waals surface area (Å²) in [4.78, 5) is 35.5. The molecular formula is C29H25F3N6O3S. The summed E-state index contributed by atoms with van der Waals surface area (Å²) in [7, 11) is 0. The lowest BCUT2D eigenvalue weighted by Gasteiger charge is -2.21. The normalized spacial score (nSPS) is 14.5. The third-order valence-corrected chi connectivity index (χ3v) is 7.13. The Kier molecular flexibility index (Phi) is 8.41. The summed E-state index contributed by atoms with van der Waals surface area (Å²) in [5, 5.41) is 7.38. The summed E-state index contributed by atoms with van der Waals surface area (Å²) < 4.78 is 44.3. The number of hydrogen-bond acceptors (Lipinski definition) is 6. The average Bonchev–Trinajstić information content (AvgIpc) is 3.58. The minimum Gasteiger partial charge on any atom is -0.367 e. The molecule has 216 valence electrons. The van der Waals surface area contributed by atoms with Crippen molar-refractivity contribution in [2.24, 2.45) is 4.99 Å². The number of urea groups is 1. The zero-order valence-corrected chi connectivity index (χ0v) is 23.4. The number of amides is 3. The fourth-order valence-corrected chi connectivity index (χ4v) is 5.09. The van der Waals surface area contributed by atoms with Gasteiger partial charge in [0, 0.05) is 16.8 Å². The number of nitrogens with one attached hydrogen (secondary N) is 1. The van der Waals surface area contributed by atoms with Crippen molar-refractivity contribution >= 4 is 40.2 Å². The van der Waals surface area contributed by atoms with Gasteiger partial charge in [-0.3, -0.25) is 9.69 Å². The summed E-state index contributed by atoms with van der Waals surface area (Å²) >= 11 is 1.07. The van der Waals surface area contributed by atoms with Crippen LogP contribution in [-0.2, 0) is 16.1 Å². The van der Waals surface area contributed by atoms with Gasteiger partial charge >= 0.3 is 12.2 Å². The largest absolute Gasteiger partial charge is 0.411 e. The lowest BCUT2D eigenvalue weighted by atomic mass is 10.1. The number of amidine groups is 1. The molecule has 1 aliphatic heterocycles. The topological polar surface area (TPSA) is 102 Å². The van der Waals surface area contributed by atoms with Gasteiger partial charge in [-0.05, 0) is 61.4 Å². The fraction of sp³-hybridized carbons (Fsp3) is 0.207. The van der Waals surface area contributed by atoms with Crippen LogP contribution in [0.3, 0.4) is 0 Å². The van der Waals surface area contributed by atoms with Crippen LogP contribution in [0, 0.1) is 13.8 Å². The van der Waals surface area contributed by atoms with E-state index < -0.39 is 18.8 Å². The Bertz CT molecular complexity index is 1660. The highest BCUT2D eigenvalue weighted by molar-refractivity contribution is 8.15. The van der Waals surface area contributed by atoms with Crippen LogP contribution >= 0.6 is 11.8 Å². The Morgan fingerprint density at radius 1 is 1.10 bits per heavy atom. The molecule has 0 unspecified atom stereocenters. The third kappa shape index (κ3) is 6.86. The first-order valence-electron chi connectivity index (χ1n) is 12.7. The number of halogens is 3.